The summed E-state index contributed by atoms with van der Waals surface area (Å²) < 4.78 is 26.2. The molecule has 0 saturated heterocycles. The second-order valence-electron chi connectivity index (χ2n) is 5.75. The van der Waals surface area contributed by atoms with Crippen LogP contribution in [0, 0.1) is 17.0 Å². The second kappa shape index (κ2) is 6.79. The molecule has 0 heterocycles. The normalized spacial score (nSPS) is 13.2. The Bertz CT molecular complexity index is 455. The smallest absolute Gasteiger partial charge is 0.309 e. The predicted molar refractivity (Wildman–Crippen MR) is 73.7 cm³/mol. The van der Waals surface area contributed by atoms with Gasteiger partial charge in [-0.15, -0.1) is 0 Å². The van der Waals surface area contributed by atoms with Crippen molar-refractivity contribution in [2.45, 2.75) is 33.1 Å². The van der Waals surface area contributed by atoms with Crippen LogP contribution in [-0.4, -0.2) is 24.2 Å². The van der Waals surface area contributed by atoms with Gasteiger partial charge in [0.2, 0.25) is 0 Å². The number of carboxylic acid groups (broad SMARTS) is 1. The fourth-order valence-corrected chi connectivity index (χ4v) is 1.80. The molecule has 0 saturated carbocycles. The number of carbonyl (C=O) groups is 1. The highest BCUT2D eigenvalue weighted by Gasteiger charge is 2.26. The van der Waals surface area contributed by atoms with Crippen LogP contribution in [0.25, 0.3) is 0 Å². The van der Waals surface area contributed by atoms with Gasteiger partial charge < -0.3 is 10.4 Å². The minimum absolute atomic E-state index is 0.0480. The first kappa shape index (κ1) is 16.6. The summed E-state index contributed by atoms with van der Waals surface area (Å²) >= 11 is 0. The third-order valence-electron chi connectivity index (χ3n) is 3.41. The van der Waals surface area contributed by atoms with Crippen LogP contribution in [0.2, 0.25) is 0 Å². The van der Waals surface area contributed by atoms with Gasteiger partial charge in [-0.25, -0.2) is 8.78 Å². The Morgan fingerprint density at radius 3 is 2.35 bits per heavy atom. The molecule has 0 radical (unpaired) electrons. The van der Waals surface area contributed by atoms with Crippen molar-refractivity contribution in [2.75, 3.05) is 13.1 Å². The average Bonchev–Trinajstić information content (AvgIpc) is 2.33. The van der Waals surface area contributed by atoms with Gasteiger partial charge in [0.05, 0.1) is 5.41 Å². The lowest BCUT2D eigenvalue weighted by molar-refractivity contribution is -0.147. The fraction of sp³-hybridized carbons (Fsp3) is 0.533. The first-order valence-electron chi connectivity index (χ1n) is 6.62. The summed E-state index contributed by atoms with van der Waals surface area (Å²) in [6.07, 6.45) is 0.493. The molecule has 0 amide bonds. The van der Waals surface area contributed by atoms with E-state index in [1.807, 2.05) is 6.92 Å². The van der Waals surface area contributed by atoms with Gasteiger partial charge in [0.25, 0.3) is 0 Å². The Balaban J connectivity index is 2.44. The molecule has 0 fully saturated rings. The summed E-state index contributed by atoms with van der Waals surface area (Å²) in [6, 6.07) is 3.48. The Morgan fingerprint density at radius 2 is 1.85 bits per heavy atom. The van der Waals surface area contributed by atoms with E-state index >= 15 is 0 Å². The number of hydrogen-bond donors (Lipinski definition) is 2. The molecule has 5 heteroatoms. The SMILES string of the molecule is CC(CNCCC(C)(C)C(=O)O)c1cc(F)cc(F)c1. The van der Waals surface area contributed by atoms with Crippen LogP contribution in [0.1, 0.15) is 38.7 Å². The molecule has 0 spiro atoms. The van der Waals surface area contributed by atoms with E-state index in [9.17, 15) is 13.6 Å². The summed E-state index contributed by atoms with van der Waals surface area (Å²) in [6.45, 7) is 6.29. The van der Waals surface area contributed by atoms with Gasteiger partial charge in [-0.05, 0) is 50.4 Å². The minimum atomic E-state index is -0.834. The first-order valence-corrected chi connectivity index (χ1v) is 6.62. The van der Waals surface area contributed by atoms with Crippen molar-refractivity contribution in [3.05, 3.63) is 35.4 Å². The van der Waals surface area contributed by atoms with Crippen molar-refractivity contribution in [1.29, 1.82) is 0 Å². The highest BCUT2D eigenvalue weighted by Crippen LogP contribution is 2.20. The molecule has 0 aliphatic heterocycles. The van der Waals surface area contributed by atoms with Gasteiger partial charge in [-0.3, -0.25) is 4.79 Å². The van der Waals surface area contributed by atoms with Gasteiger partial charge in [0, 0.05) is 12.6 Å². The highest BCUT2D eigenvalue weighted by atomic mass is 19.1. The average molecular weight is 285 g/mol. The van der Waals surface area contributed by atoms with E-state index < -0.39 is 23.0 Å². The van der Waals surface area contributed by atoms with Crippen molar-refractivity contribution < 1.29 is 18.7 Å². The number of aliphatic carboxylic acids is 1. The maximum atomic E-state index is 13.1. The van der Waals surface area contributed by atoms with Gasteiger partial charge >= 0.3 is 5.97 Å². The van der Waals surface area contributed by atoms with Crippen LogP contribution in [0.4, 0.5) is 8.78 Å². The van der Waals surface area contributed by atoms with E-state index in [2.05, 4.69) is 5.32 Å². The maximum absolute atomic E-state index is 13.1. The summed E-state index contributed by atoms with van der Waals surface area (Å²) in [4.78, 5) is 10.9. The van der Waals surface area contributed by atoms with E-state index in [0.29, 0.717) is 25.1 Å². The van der Waals surface area contributed by atoms with Crippen LogP contribution in [0.15, 0.2) is 18.2 Å². The molecule has 112 valence electrons. The zero-order valence-electron chi connectivity index (χ0n) is 12.0. The van der Waals surface area contributed by atoms with Crippen LogP contribution in [-0.2, 0) is 4.79 Å². The number of benzene rings is 1. The quantitative estimate of drug-likeness (QED) is 0.757. The summed E-state index contributed by atoms with van der Waals surface area (Å²) in [5.74, 6) is -2.05. The molecule has 1 aromatic carbocycles. The van der Waals surface area contributed by atoms with Crippen LogP contribution >= 0.6 is 0 Å². The summed E-state index contributed by atoms with van der Waals surface area (Å²) in [7, 11) is 0. The number of hydrogen-bond acceptors (Lipinski definition) is 2. The number of rotatable bonds is 7. The van der Waals surface area contributed by atoms with Crippen molar-refractivity contribution in [3.63, 3.8) is 0 Å². The maximum Gasteiger partial charge on any atom is 0.309 e. The molecule has 2 N–H and O–H groups in total. The van der Waals surface area contributed by atoms with Crippen LogP contribution in [0.5, 0.6) is 0 Å². The molecule has 0 bridgehead atoms. The Hall–Kier alpha value is -1.49. The van der Waals surface area contributed by atoms with Gasteiger partial charge in [0.15, 0.2) is 0 Å². The van der Waals surface area contributed by atoms with Crippen molar-refractivity contribution in [2.24, 2.45) is 5.41 Å². The lowest BCUT2D eigenvalue weighted by atomic mass is 9.89. The Morgan fingerprint density at radius 1 is 1.30 bits per heavy atom. The molecule has 1 atom stereocenters. The molecule has 1 aromatic rings. The third kappa shape index (κ3) is 4.89. The Labute approximate surface area is 118 Å². The first-order chi connectivity index (χ1) is 9.22. The zero-order chi connectivity index (χ0) is 15.3. The molecule has 20 heavy (non-hydrogen) atoms. The van der Waals surface area contributed by atoms with E-state index in [1.165, 1.54) is 12.1 Å². The molecule has 0 aliphatic carbocycles. The van der Waals surface area contributed by atoms with Gasteiger partial charge in [-0.2, -0.15) is 0 Å². The number of halogens is 2. The largest absolute Gasteiger partial charge is 0.481 e. The third-order valence-corrected chi connectivity index (χ3v) is 3.41. The Kier molecular flexibility index (Phi) is 5.62. The van der Waals surface area contributed by atoms with Crippen molar-refractivity contribution in [3.8, 4) is 0 Å². The van der Waals surface area contributed by atoms with Crippen LogP contribution in [0.3, 0.4) is 0 Å². The van der Waals surface area contributed by atoms with E-state index in [-0.39, 0.29) is 5.92 Å². The van der Waals surface area contributed by atoms with Crippen molar-refractivity contribution in [1.82, 2.24) is 5.32 Å². The number of nitrogens with one attached hydrogen (secondary N) is 1. The molecular formula is C15H21F2NO2. The van der Waals surface area contributed by atoms with Crippen molar-refractivity contribution >= 4 is 5.97 Å². The second-order valence-corrected chi connectivity index (χ2v) is 5.75. The highest BCUT2D eigenvalue weighted by molar-refractivity contribution is 5.73. The topological polar surface area (TPSA) is 49.3 Å². The number of carboxylic acids is 1. The van der Waals surface area contributed by atoms with Crippen LogP contribution < -0.4 is 5.32 Å². The van der Waals surface area contributed by atoms with E-state index in [4.69, 9.17) is 5.11 Å². The lowest BCUT2D eigenvalue weighted by Gasteiger charge is -2.20. The standard InChI is InChI=1S/C15H21F2NO2/c1-10(11-6-12(16)8-13(17)7-11)9-18-5-4-15(2,3)14(19)20/h6-8,10,18H,4-5,9H2,1-3H3,(H,19,20). The molecule has 3 nitrogen and oxygen atoms in total. The summed E-state index contributed by atoms with van der Waals surface area (Å²) in [5.41, 5.74) is -0.186. The lowest BCUT2D eigenvalue weighted by Crippen LogP contribution is -2.30. The molecule has 0 aromatic heterocycles. The molecule has 1 unspecified atom stereocenters. The molecular weight excluding hydrogens is 264 g/mol. The van der Waals surface area contributed by atoms with Gasteiger partial charge in [-0.1, -0.05) is 6.92 Å². The minimum Gasteiger partial charge on any atom is -0.481 e. The van der Waals surface area contributed by atoms with Gasteiger partial charge in [0.1, 0.15) is 11.6 Å². The molecule has 1 rings (SSSR count). The monoisotopic (exact) mass is 285 g/mol. The van der Waals surface area contributed by atoms with E-state index in [1.54, 1.807) is 13.8 Å². The fourth-order valence-electron chi connectivity index (χ4n) is 1.80. The predicted octanol–water partition coefficient (Wildman–Crippen LogP) is 3.16. The van der Waals surface area contributed by atoms with E-state index in [0.717, 1.165) is 6.07 Å². The zero-order valence-corrected chi connectivity index (χ0v) is 12.0. The summed E-state index contributed by atoms with van der Waals surface area (Å²) in [5, 5.41) is 12.1. The molecule has 0 aliphatic rings.